The number of aryl methyl sites for hydroxylation is 2. The lowest BCUT2D eigenvalue weighted by Crippen LogP contribution is -2.23. The number of carbonyl (C=O) groups excluding carboxylic acids is 1. The number of fused-ring (bicyclic) bond motifs is 1. The molecule has 3 rings (SSSR count). The minimum atomic E-state index is -0.143. The van der Waals surface area contributed by atoms with Gasteiger partial charge >= 0.3 is 0 Å². The number of aromatic nitrogens is 2. The molecule has 0 saturated carbocycles. The molecule has 0 spiro atoms. The Labute approximate surface area is 162 Å². The summed E-state index contributed by atoms with van der Waals surface area (Å²) in [5.41, 5.74) is 3.56. The van der Waals surface area contributed by atoms with Gasteiger partial charge in [0.15, 0.2) is 5.16 Å². The minimum Gasteiger partial charge on any atom is -0.325 e. The third-order valence-electron chi connectivity index (χ3n) is 4.26. The van der Waals surface area contributed by atoms with Crippen molar-refractivity contribution in [3.63, 3.8) is 0 Å². The van der Waals surface area contributed by atoms with E-state index in [1.165, 1.54) is 17.3 Å². The molecule has 1 aromatic heterocycles. The van der Waals surface area contributed by atoms with Gasteiger partial charge in [-0.3, -0.25) is 14.2 Å². The second kappa shape index (κ2) is 8.22. The highest BCUT2D eigenvalue weighted by Crippen LogP contribution is 2.19. The van der Waals surface area contributed by atoms with Gasteiger partial charge in [-0.25, -0.2) is 4.98 Å². The van der Waals surface area contributed by atoms with Gasteiger partial charge in [-0.15, -0.1) is 6.58 Å². The van der Waals surface area contributed by atoms with Crippen molar-refractivity contribution in [1.82, 2.24) is 9.55 Å². The maximum atomic E-state index is 12.7. The maximum Gasteiger partial charge on any atom is 0.262 e. The van der Waals surface area contributed by atoms with Crippen LogP contribution in [-0.2, 0) is 11.3 Å². The molecule has 138 valence electrons. The molecular weight excluding hydrogens is 358 g/mol. The predicted molar refractivity (Wildman–Crippen MR) is 111 cm³/mol. The molecule has 0 aliphatic carbocycles. The Balaban J connectivity index is 1.80. The first kappa shape index (κ1) is 18.9. The zero-order valence-electron chi connectivity index (χ0n) is 15.4. The highest BCUT2D eigenvalue weighted by Gasteiger charge is 2.12. The van der Waals surface area contributed by atoms with E-state index < -0.39 is 0 Å². The van der Waals surface area contributed by atoms with Gasteiger partial charge in [0.1, 0.15) is 0 Å². The Morgan fingerprint density at radius 1 is 1.22 bits per heavy atom. The minimum absolute atomic E-state index is 0.127. The molecule has 0 bridgehead atoms. The highest BCUT2D eigenvalue weighted by atomic mass is 32.2. The third kappa shape index (κ3) is 4.28. The summed E-state index contributed by atoms with van der Waals surface area (Å²) in [6.07, 6.45) is 1.65. The zero-order chi connectivity index (χ0) is 19.4. The molecule has 5 nitrogen and oxygen atoms in total. The SMILES string of the molecule is C=CCn1c(SCC(=O)Nc2ccc(C)c(C)c2)nc2ccccc2c1=O. The van der Waals surface area contributed by atoms with Crippen molar-refractivity contribution in [3.05, 3.63) is 76.6 Å². The largest absolute Gasteiger partial charge is 0.325 e. The molecule has 1 heterocycles. The van der Waals surface area contributed by atoms with Crippen LogP contribution in [0.3, 0.4) is 0 Å². The van der Waals surface area contributed by atoms with Gasteiger partial charge in [-0.2, -0.15) is 0 Å². The zero-order valence-corrected chi connectivity index (χ0v) is 16.2. The molecule has 0 fully saturated rings. The van der Waals surface area contributed by atoms with Crippen LogP contribution < -0.4 is 10.9 Å². The Morgan fingerprint density at radius 3 is 2.74 bits per heavy atom. The third-order valence-corrected chi connectivity index (χ3v) is 5.24. The van der Waals surface area contributed by atoms with Gasteiger partial charge in [-0.05, 0) is 49.2 Å². The summed E-state index contributed by atoms with van der Waals surface area (Å²) in [5.74, 6) is 0.0188. The number of benzene rings is 2. The van der Waals surface area contributed by atoms with Gasteiger partial charge < -0.3 is 5.32 Å². The number of para-hydroxylation sites is 1. The van der Waals surface area contributed by atoms with Crippen LogP contribution in [0, 0.1) is 13.8 Å². The van der Waals surface area contributed by atoms with Crippen LogP contribution >= 0.6 is 11.8 Å². The predicted octanol–water partition coefficient (Wildman–Crippen LogP) is 3.93. The van der Waals surface area contributed by atoms with Gasteiger partial charge in [-0.1, -0.05) is 36.0 Å². The number of thioether (sulfide) groups is 1. The van der Waals surface area contributed by atoms with E-state index in [1.807, 2.05) is 44.2 Å². The molecule has 0 saturated heterocycles. The molecule has 6 heteroatoms. The molecule has 1 N–H and O–H groups in total. The summed E-state index contributed by atoms with van der Waals surface area (Å²) in [4.78, 5) is 29.6. The fraction of sp³-hybridized carbons (Fsp3) is 0.190. The number of hydrogen-bond donors (Lipinski definition) is 1. The van der Waals surface area contributed by atoms with Crippen molar-refractivity contribution in [2.75, 3.05) is 11.1 Å². The number of hydrogen-bond acceptors (Lipinski definition) is 4. The van der Waals surface area contributed by atoms with Crippen LogP contribution in [0.25, 0.3) is 10.9 Å². The van der Waals surface area contributed by atoms with Gasteiger partial charge in [0.2, 0.25) is 5.91 Å². The molecular formula is C21H21N3O2S. The molecule has 0 radical (unpaired) electrons. The molecule has 27 heavy (non-hydrogen) atoms. The monoisotopic (exact) mass is 379 g/mol. The quantitative estimate of drug-likeness (QED) is 0.400. The first-order valence-corrected chi connectivity index (χ1v) is 9.58. The number of amides is 1. The molecule has 1 amide bonds. The van der Waals surface area contributed by atoms with E-state index in [0.29, 0.717) is 22.6 Å². The lowest BCUT2D eigenvalue weighted by Gasteiger charge is -2.12. The standard InChI is InChI=1S/C21H21N3O2S/c1-4-11-24-20(26)17-7-5-6-8-18(17)23-21(24)27-13-19(25)22-16-10-9-14(2)15(3)12-16/h4-10,12H,1,11,13H2,2-3H3,(H,22,25). The number of nitrogens with zero attached hydrogens (tertiary/aromatic N) is 2. The first-order chi connectivity index (χ1) is 13.0. The lowest BCUT2D eigenvalue weighted by molar-refractivity contribution is -0.113. The van der Waals surface area contributed by atoms with E-state index in [2.05, 4.69) is 16.9 Å². The van der Waals surface area contributed by atoms with E-state index in [9.17, 15) is 9.59 Å². The second-order valence-electron chi connectivity index (χ2n) is 6.25. The Kier molecular flexibility index (Phi) is 5.76. The average Bonchev–Trinajstić information content (AvgIpc) is 2.66. The van der Waals surface area contributed by atoms with Crippen LogP contribution in [0.5, 0.6) is 0 Å². The summed E-state index contributed by atoms with van der Waals surface area (Å²) in [7, 11) is 0. The van der Waals surface area contributed by atoms with E-state index in [0.717, 1.165) is 11.3 Å². The number of nitrogens with one attached hydrogen (secondary N) is 1. The molecule has 0 atom stereocenters. The average molecular weight is 379 g/mol. The second-order valence-corrected chi connectivity index (χ2v) is 7.19. The van der Waals surface area contributed by atoms with Crippen molar-refractivity contribution < 1.29 is 4.79 Å². The van der Waals surface area contributed by atoms with Crippen LogP contribution in [0.4, 0.5) is 5.69 Å². The Bertz CT molecular complexity index is 1070. The Morgan fingerprint density at radius 2 is 2.00 bits per heavy atom. The molecule has 3 aromatic rings. The lowest BCUT2D eigenvalue weighted by atomic mass is 10.1. The number of carbonyl (C=O) groups is 1. The summed E-state index contributed by atoms with van der Waals surface area (Å²) < 4.78 is 1.54. The van der Waals surface area contributed by atoms with Crippen molar-refractivity contribution in [2.24, 2.45) is 0 Å². The Hall–Kier alpha value is -2.86. The molecule has 2 aromatic carbocycles. The van der Waals surface area contributed by atoms with Crippen LogP contribution in [0.2, 0.25) is 0 Å². The fourth-order valence-electron chi connectivity index (χ4n) is 2.69. The van der Waals surface area contributed by atoms with Gasteiger partial charge in [0, 0.05) is 12.2 Å². The van der Waals surface area contributed by atoms with Crippen molar-refractivity contribution >= 4 is 34.3 Å². The van der Waals surface area contributed by atoms with Crippen molar-refractivity contribution in [1.29, 1.82) is 0 Å². The molecule has 0 aliphatic heterocycles. The normalized spacial score (nSPS) is 10.7. The maximum absolute atomic E-state index is 12.7. The van der Waals surface area contributed by atoms with E-state index in [4.69, 9.17) is 0 Å². The fourth-order valence-corrected chi connectivity index (χ4v) is 3.50. The van der Waals surface area contributed by atoms with Crippen molar-refractivity contribution in [2.45, 2.75) is 25.5 Å². The number of allylic oxidation sites excluding steroid dienone is 1. The summed E-state index contributed by atoms with van der Waals surface area (Å²) in [5, 5.41) is 3.96. The smallest absolute Gasteiger partial charge is 0.262 e. The van der Waals surface area contributed by atoms with E-state index in [-0.39, 0.29) is 17.2 Å². The summed E-state index contributed by atoms with van der Waals surface area (Å²) >= 11 is 1.24. The highest BCUT2D eigenvalue weighted by molar-refractivity contribution is 7.99. The number of rotatable bonds is 6. The van der Waals surface area contributed by atoms with E-state index >= 15 is 0 Å². The first-order valence-electron chi connectivity index (χ1n) is 8.60. The van der Waals surface area contributed by atoms with Crippen LogP contribution in [-0.4, -0.2) is 21.2 Å². The summed E-state index contributed by atoms with van der Waals surface area (Å²) in [6.45, 7) is 8.09. The van der Waals surface area contributed by atoms with E-state index in [1.54, 1.807) is 22.8 Å². The molecule has 0 aliphatic rings. The van der Waals surface area contributed by atoms with Crippen LogP contribution in [0.1, 0.15) is 11.1 Å². The van der Waals surface area contributed by atoms with Crippen LogP contribution in [0.15, 0.2) is 65.1 Å². The van der Waals surface area contributed by atoms with Gasteiger partial charge in [0.05, 0.1) is 16.7 Å². The van der Waals surface area contributed by atoms with Crippen molar-refractivity contribution in [3.8, 4) is 0 Å². The molecule has 0 unspecified atom stereocenters. The van der Waals surface area contributed by atoms with Gasteiger partial charge in [0.25, 0.3) is 5.56 Å². The number of anilines is 1. The topological polar surface area (TPSA) is 64.0 Å². The summed E-state index contributed by atoms with van der Waals surface area (Å²) in [6, 6.07) is 13.0.